The maximum atomic E-state index is 12.3. The predicted molar refractivity (Wildman–Crippen MR) is 88.1 cm³/mol. The first kappa shape index (κ1) is 18.2. The van der Waals surface area contributed by atoms with E-state index in [-0.39, 0.29) is 5.78 Å². The van der Waals surface area contributed by atoms with Gasteiger partial charge in [0.2, 0.25) is 5.78 Å². The molecule has 1 atom stereocenters. The second-order valence-electron chi connectivity index (χ2n) is 5.45. The number of rotatable bonds is 9. The number of hydrogen-bond acceptors (Lipinski definition) is 3. The van der Waals surface area contributed by atoms with Gasteiger partial charge in [-0.3, -0.25) is 4.79 Å². The first-order valence-corrected chi connectivity index (χ1v) is 8.15. The van der Waals surface area contributed by atoms with Crippen LogP contribution in [0.3, 0.4) is 0 Å². The van der Waals surface area contributed by atoms with E-state index in [0.29, 0.717) is 18.7 Å². The van der Waals surface area contributed by atoms with Crippen molar-refractivity contribution in [2.24, 2.45) is 0 Å². The lowest BCUT2D eigenvalue weighted by Crippen LogP contribution is -2.37. The molecule has 1 aromatic carbocycles. The van der Waals surface area contributed by atoms with Crippen molar-refractivity contribution in [3.8, 4) is 0 Å². The maximum Gasteiger partial charge on any atom is 0.410 e. The number of carbonyl (C=O) groups is 2. The Hall–Kier alpha value is -1.84. The Bertz CT molecular complexity index is 451. The van der Waals surface area contributed by atoms with Crippen LogP contribution in [0.15, 0.2) is 30.3 Å². The third kappa shape index (κ3) is 5.88. The van der Waals surface area contributed by atoms with Gasteiger partial charge in [0.25, 0.3) is 0 Å². The zero-order chi connectivity index (χ0) is 16.4. The van der Waals surface area contributed by atoms with E-state index < -0.39 is 12.2 Å². The number of ether oxygens (including phenoxy) is 1. The van der Waals surface area contributed by atoms with Crippen molar-refractivity contribution in [2.75, 3.05) is 13.1 Å². The number of benzene rings is 1. The quantitative estimate of drug-likeness (QED) is 0.639. The van der Waals surface area contributed by atoms with Gasteiger partial charge in [-0.1, -0.05) is 57.0 Å². The van der Waals surface area contributed by atoms with Gasteiger partial charge in [-0.05, 0) is 19.8 Å². The third-order valence-electron chi connectivity index (χ3n) is 3.53. The molecule has 4 heteroatoms. The highest BCUT2D eigenvalue weighted by atomic mass is 16.6. The van der Waals surface area contributed by atoms with Crippen LogP contribution < -0.4 is 0 Å². The van der Waals surface area contributed by atoms with E-state index in [0.717, 1.165) is 25.7 Å². The van der Waals surface area contributed by atoms with E-state index in [9.17, 15) is 9.59 Å². The largest absolute Gasteiger partial charge is 0.438 e. The molecule has 0 saturated carbocycles. The molecule has 0 aliphatic carbocycles. The lowest BCUT2D eigenvalue weighted by atomic mass is 10.1. The molecule has 0 aromatic heterocycles. The third-order valence-corrected chi connectivity index (χ3v) is 3.53. The van der Waals surface area contributed by atoms with E-state index in [2.05, 4.69) is 13.8 Å². The Morgan fingerprint density at radius 1 is 1.05 bits per heavy atom. The van der Waals surface area contributed by atoms with Crippen LogP contribution in [0.5, 0.6) is 0 Å². The Balaban J connectivity index is 2.60. The average Bonchev–Trinajstić information content (AvgIpc) is 2.54. The SMILES string of the molecule is CCCCN(CCCC)C(=O)OC(C)C(=O)c1ccccc1. The van der Waals surface area contributed by atoms with Gasteiger partial charge in [0.15, 0.2) is 6.10 Å². The minimum atomic E-state index is -0.763. The normalized spacial score (nSPS) is 11.8. The fraction of sp³-hybridized carbons (Fsp3) is 0.556. The van der Waals surface area contributed by atoms with Crippen LogP contribution >= 0.6 is 0 Å². The van der Waals surface area contributed by atoms with E-state index in [1.54, 1.807) is 36.1 Å². The summed E-state index contributed by atoms with van der Waals surface area (Å²) in [5, 5.41) is 0. The minimum Gasteiger partial charge on any atom is -0.438 e. The summed E-state index contributed by atoms with van der Waals surface area (Å²) in [6.45, 7) is 7.17. The second-order valence-corrected chi connectivity index (χ2v) is 5.45. The van der Waals surface area contributed by atoms with Crippen molar-refractivity contribution in [3.05, 3.63) is 35.9 Å². The highest BCUT2D eigenvalue weighted by Crippen LogP contribution is 2.09. The van der Waals surface area contributed by atoms with E-state index in [4.69, 9.17) is 4.74 Å². The van der Waals surface area contributed by atoms with Gasteiger partial charge < -0.3 is 9.64 Å². The number of unbranched alkanes of at least 4 members (excludes halogenated alkanes) is 2. The minimum absolute atomic E-state index is 0.167. The number of ketones is 1. The van der Waals surface area contributed by atoms with Crippen LogP contribution in [-0.2, 0) is 4.74 Å². The van der Waals surface area contributed by atoms with Crippen LogP contribution in [0.2, 0.25) is 0 Å². The number of carbonyl (C=O) groups excluding carboxylic acids is 2. The summed E-state index contributed by atoms with van der Waals surface area (Å²) in [5.41, 5.74) is 0.566. The first-order chi connectivity index (χ1) is 10.6. The van der Waals surface area contributed by atoms with Gasteiger partial charge in [0.1, 0.15) is 0 Å². The molecule has 122 valence electrons. The van der Waals surface area contributed by atoms with Gasteiger partial charge >= 0.3 is 6.09 Å². The Morgan fingerprint density at radius 2 is 1.59 bits per heavy atom. The molecule has 1 unspecified atom stereocenters. The van der Waals surface area contributed by atoms with E-state index >= 15 is 0 Å². The zero-order valence-corrected chi connectivity index (χ0v) is 13.9. The lowest BCUT2D eigenvalue weighted by molar-refractivity contribution is 0.0532. The smallest absolute Gasteiger partial charge is 0.410 e. The van der Waals surface area contributed by atoms with E-state index in [1.165, 1.54) is 0 Å². The number of amides is 1. The summed E-state index contributed by atoms with van der Waals surface area (Å²) in [4.78, 5) is 26.2. The molecule has 1 aromatic rings. The van der Waals surface area contributed by atoms with Crippen LogP contribution in [-0.4, -0.2) is 36.0 Å². The molecule has 0 N–H and O–H groups in total. The monoisotopic (exact) mass is 305 g/mol. The molecule has 1 amide bonds. The summed E-state index contributed by atoms with van der Waals surface area (Å²) in [5.74, 6) is -0.167. The summed E-state index contributed by atoms with van der Waals surface area (Å²) < 4.78 is 5.36. The fourth-order valence-electron chi connectivity index (χ4n) is 2.11. The standard InChI is InChI=1S/C18H27NO3/c1-4-6-13-19(14-7-5-2)18(21)22-15(3)17(20)16-11-9-8-10-12-16/h8-12,15H,4-7,13-14H2,1-3H3. The molecular formula is C18H27NO3. The molecule has 0 fully saturated rings. The molecule has 0 heterocycles. The summed E-state index contributed by atoms with van der Waals surface area (Å²) >= 11 is 0. The summed E-state index contributed by atoms with van der Waals surface area (Å²) in [7, 11) is 0. The molecule has 22 heavy (non-hydrogen) atoms. The molecule has 4 nitrogen and oxygen atoms in total. The molecule has 1 rings (SSSR count). The van der Waals surface area contributed by atoms with Crippen LogP contribution in [0.25, 0.3) is 0 Å². The van der Waals surface area contributed by atoms with Crippen molar-refractivity contribution in [2.45, 2.75) is 52.6 Å². The van der Waals surface area contributed by atoms with Gasteiger partial charge in [-0.25, -0.2) is 4.79 Å². The summed E-state index contributed by atoms with van der Waals surface area (Å²) in [6, 6.07) is 8.93. The number of Topliss-reactive ketones (excluding diaryl/α,β-unsaturated/α-hetero) is 1. The van der Waals surface area contributed by atoms with Crippen LogP contribution in [0.1, 0.15) is 56.8 Å². The van der Waals surface area contributed by atoms with Crippen LogP contribution in [0, 0.1) is 0 Å². The highest BCUT2D eigenvalue weighted by molar-refractivity contribution is 6.00. The molecule has 0 aliphatic heterocycles. The maximum absolute atomic E-state index is 12.3. The van der Waals surface area contributed by atoms with Crippen molar-refractivity contribution < 1.29 is 14.3 Å². The van der Waals surface area contributed by atoms with Crippen LogP contribution in [0.4, 0.5) is 4.79 Å². The molecule has 0 bridgehead atoms. The zero-order valence-electron chi connectivity index (χ0n) is 13.9. The lowest BCUT2D eigenvalue weighted by Gasteiger charge is -2.23. The van der Waals surface area contributed by atoms with Crippen molar-refractivity contribution in [3.63, 3.8) is 0 Å². The number of hydrogen-bond donors (Lipinski definition) is 0. The van der Waals surface area contributed by atoms with E-state index in [1.807, 2.05) is 6.07 Å². The molecular weight excluding hydrogens is 278 g/mol. The van der Waals surface area contributed by atoms with Gasteiger partial charge in [-0.2, -0.15) is 0 Å². The number of nitrogens with zero attached hydrogens (tertiary/aromatic N) is 1. The van der Waals surface area contributed by atoms with Crippen molar-refractivity contribution in [1.29, 1.82) is 0 Å². The Kier molecular flexibility index (Phi) is 8.26. The second kappa shape index (κ2) is 9.98. The molecule has 0 spiro atoms. The fourth-order valence-corrected chi connectivity index (χ4v) is 2.11. The van der Waals surface area contributed by atoms with Gasteiger partial charge in [0, 0.05) is 18.7 Å². The molecule has 0 saturated heterocycles. The van der Waals surface area contributed by atoms with Crippen molar-refractivity contribution >= 4 is 11.9 Å². The summed E-state index contributed by atoms with van der Waals surface area (Å²) in [6.07, 6.45) is 2.78. The van der Waals surface area contributed by atoms with Crippen molar-refractivity contribution in [1.82, 2.24) is 4.90 Å². The Labute approximate surface area is 133 Å². The topological polar surface area (TPSA) is 46.6 Å². The average molecular weight is 305 g/mol. The predicted octanol–water partition coefficient (Wildman–Crippen LogP) is 4.30. The molecule has 0 radical (unpaired) electrons. The molecule has 0 aliphatic rings. The first-order valence-electron chi connectivity index (χ1n) is 8.15. The van der Waals surface area contributed by atoms with Gasteiger partial charge in [-0.15, -0.1) is 0 Å². The highest BCUT2D eigenvalue weighted by Gasteiger charge is 2.22. The van der Waals surface area contributed by atoms with Gasteiger partial charge in [0.05, 0.1) is 0 Å². The Morgan fingerprint density at radius 3 is 2.09 bits per heavy atom.